The van der Waals surface area contributed by atoms with E-state index < -0.39 is 12.6 Å². The Kier molecular flexibility index (Phi) is 10.0. The third-order valence-corrected chi connectivity index (χ3v) is 2.65. The first-order valence-electron chi connectivity index (χ1n) is 7.07. The summed E-state index contributed by atoms with van der Waals surface area (Å²) in [6.45, 7) is 4.12. The molecule has 132 valence electrons. The summed E-state index contributed by atoms with van der Waals surface area (Å²) in [6.07, 6.45) is -4.99. The summed E-state index contributed by atoms with van der Waals surface area (Å²) in [6, 6.07) is 7.52. The molecule has 1 aromatic carbocycles. The monoisotopic (exact) mass is 445 g/mol. The molecular formula is C15H23F3IN3O. The van der Waals surface area contributed by atoms with Crippen LogP contribution in [0.4, 0.5) is 13.2 Å². The van der Waals surface area contributed by atoms with Gasteiger partial charge in [0.25, 0.3) is 0 Å². The van der Waals surface area contributed by atoms with E-state index in [0.717, 1.165) is 11.3 Å². The lowest BCUT2D eigenvalue weighted by Gasteiger charge is -2.14. The van der Waals surface area contributed by atoms with Gasteiger partial charge < -0.3 is 15.4 Å². The summed E-state index contributed by atoms with van der Waals surface area (Å²) < 4.78 is 41.9. The predicted octanol–water partition coefficient (Wildman–Crippen LogP) is 3.71. The molecule has 0 aliphatic heterocycles. The smallest absolute Gasteiger partial charge is 0.390 e. The molecule has 0 aromatic heterocycles. The van der Waals surface area contributed by atoms with Crippen LogP contribution in [0.2, 0.25) is 0 Å². The van der Waals surface area contributed by atoms with Crippen LogP contribution in [0.5, 0.6) is 5.75 Å². The van der Waals surface area contributed by atoms with Crippen molar-refractivity contribution in [2.75, 3.05) is 13.6 Å². The Morgan fingerprint density at radius 2 is 1.96 bits per heavy atom. The van der Waals surface area contributed by atoms with Crippen molar-refractivity contribution >= 4 is 29.9 Å². The minimum atomic E-state index is -4.17. The number of aliphatic imine (C=N–C) groups is 1. The Bertz CT molecular complexity index is 493. The van der Waals surface area contributed by atoms with E-state index in [2.05, 4.69) is 15.6 Å². The van der Waals surface area contributed by atoms with Crippen molar-refractivity contribution < 1.29 is 17.9 Å². The Hall–Kier alpha value is -1.19. The third-order valence-electron chi connectivity index (χ3n) is 2.65. The highest BCUT2D eigenvalue weighted by Gasteiger charge is 2.26. The number of guanidine groups is 1. The van der Waals surface area contributed by atoms with Crippen LogP contribution in [0.25, 0.3) is 0 Å². The van der Waals surface area contributed by atoms with Crippen molar-refractivity contribution in [1.82, 2.24) is 10.6 Å². The second-order valence-electron chi connectivity index (χ2n) is 5.03. The van der Waals surface area contributed by atoms with E-state index in [1.807, 2.05) is 38.1 Å². The Morgan fingerprint density at radius 1 is 1.26 bits per heavy atom. The second-order valence-corrected chi connectivity index (χ2v) is 5.03. The van der Waals surface area contributed by atoms with Crippen LogP contribution in [0.1, 0.15) is 25.8 Å². The molecule has 0 atom stereocenters. The largest absolute Gasteiger partial charge is 0.491 e. The van der Waals surface area contributed by atoms with Crippen LogP contribution in [0.3, 0.4) is 0 Å². The Balaban J connectivity index is 0.00000484. The number of hydrogen-bond donors (Lipinski definition) is 2. The van der Waals surface area contributed by atoms with Crippen molar-refractivity contribution in [3.05, 3.63) is 29.8 Å². The molecule has 0 heterocycles. The van der Waals surface area contributed by atoms with Crippen LogP contribution in [0, 0.1) is 0 Å². The van der Waals surface area contributed by atoms with E-state index in [9.17, 15) is 13.2 Å². The lowest BCUT2D eigenvalue weighted by atomic mass is 10.2. The quantitative estimate of drug-likeness (QED) is 0.399. The van der Waals surface area contributed by atoms with Gasteiger partial charge in [0.2, 0.25) is 0 Å². The van der Waals surface area contributed by atoms with Gasteiger partial charge in [-0.05, 0) is 31.5 Å². The van der Waals surface area contributed by atoms with Crippen LogP contribution in [-0.4, -0.2) is 31.8 Å². The number of rotatable bonds is 6. The van der Waals surface area contributed by atoms with Gasteiger partial charge >= 0.3 is 6.18 Å². The fourth-order valence-electron chi connectivity index (χ4n) is 1.73. The summed E-state index contributed by atoms with van der Waals surface area (Å²) in [4.78, 5) is 3.89. The number of alkyl halides is 3. The molecule has 4 nitrogen and oxygen atoms in total. The molecule has 0 saturated heterocycles. The maximum absolute atomic E-state index is 12.1. The standard InChI is InChI=1S/C15H22F3N3O.HI/c1-11(2)22-13-6-4-5-12(9-13)10-21-14(19-3)20-8-7-15(16,17)18;/h4-6,9,11H,7-8,10H2,1-3H3,(H2,19,20,21);1H. The zero-order valence-electron chi connectivity index (χ0n) is 13.4. The number of ether oxygens (including phenoxy) is 1. The second kappa shape index (κ2) is 10.6. The van der Waals surface area contributed by atoms with Crippen molar-refractivity contribution in [2.45, 2.75) is 39.1 Å². The zero-order chi connectivity index (χ0) is 16.6. The van der Waals surface area contributed by atoms with Crippen molar-refractivity contribution in [2.24, 2.45) is 4.99 Å². The molecule has 0 unspecified atom stereocenters. The first-order valence-corrected chi connectivity index (χ1v) is 7.07. The SMILES string of the molecule is CN=C(NCCC(F)(F)F)NCc1cccc(OC(C)C)c1.I. The molecule has 0 saturated carbocycles. The minimum Gasteiger partial charge on any atom is -0.491 e. The fourth-order valence-corrected chi connectivity index (χ4v) is 1.73. The van der Waals surface area contributed by atoms with E-state index in [-0.39, 0.29) is 36.6 Å². The zero-order valence-corrected chi connectivity index (χ0v) is 15.7. The van der Waals surface area contributed by atoms with Gasteiger partial charge in [-0.1, -0.05) is 12.1 Å². The summed E-state index contributed by atoms with van der Waals surface area (Å²) >= 11 is 0. The lowest BCUT2D eigenvalue weighted by molar-refractivity contribution is -0.132. The molecule has 0 bridgehead atoms. The molecule has 0 spiro atoms. The van der Waals surface area contributed by atoms with Crippen LogP contribution < -0.4 is 15.4 Å². The van der Waals surface area contributed by atoms with E-state index in [0.29, 0.717) is 12.5 Å². The number of hydrogen-bond acceptors (Lipinski definition) is 2. The van der Waals surface area contributed by atoms with Crippen molar-refractivity contribution in [3.8, 4) is 5.75 Å². The molecule has 1 aromatic rings. The summed E-state index contributed by atoms with van der Waals surface area (Å²) in [7, 11) is 1.52. The Labute approximate surface area is 151 Å². The summed E-state index contributed by atoms with van der Waals surface area (Å²) in [5.74, 6) is 1.09. The van der Waals surface area contributed by atoms with E-state index in [1.165, 1.54) is 7.05 Å². The van der Waals surface area contributed by atoms with Crippen LogP contribution in [-0.2, 0) is 6.54 Å². The van der Waals surface area contributed by atoms with E-state index in [1.54, 1.807) is 0 Å². The molecule has 2 N–H and O–H groups in total. The normalized spacial score (nSPS) is 11.9. The number of nitrogens with zero attached hydrogens (tertiary/aromatic N) is 1. The average molecular weight is 445 g/mol. The summed E-state index contributed by atoms with van der Waals surface area (Å²) in [5, 5.41) is 5.60. The summed E-state index contributed by atoms with van der Waals surface area (Å²) in [5.41, 5.74) is 0.955. The van der Waals surface area contributed by atoms with E-state index >= 15 is 0 Å². The van der Waals surface area contributed by atoms with Gasteiger partial charge in [-0.15, -0.1) is 24.0 Å². The number of nitrogens with one attached hydrogen (secondary N) is 2. The molecule has 0 amide bonds. The van der Waals surface area contributed by atoms with Crippen LogP contribution >= 0.6 is 24.0 Å². The average Bonchev–Trinajstić information content (AvgIpc) is 2.41. The first kappa shape index (κ1) is 21.8. The highest BCUT2D eigenvalue weighted by atomic mass is 127. The van der Waals surface area contributed by atoms with Gasteiger partial charge in [0.05, 0.1) is 12.5 Å². The maximum Gasteiger partial charge on any atom is 0.390 e. The molecule has 23 heavy (non-hydrogen) atoms. The van der Waals surface area contributed by atoms with Gasteiger partial charge in [0.15, 0.2) is 5.96 Å². The topological polar surface area (TPSA) is 45.7 Å². The molecule has 0 fully saturated rings. The number of benzene rings is 1. The van der Waals surface area contributed by atoms with E-state index in [4.69, 9.17) is 4.74 Å². The Morgan fingerprint density at radius 3 is 2.52 bits per heavy atom. The molecule has 0 aliphatic carbocycles. The minimum absolute atomic E-state index is 0. The molecule has 8 heteroatoms. The van der Waals surface area contributed by atoms with Gasteiger partial charge in [-0.25, -0.2) is 0 Å². The lowest BCUT2D eigenvalue weighted by Crippen LogP contribution is -2.38. The van der Waals surface area contributed by atoms with Gasteiger partial charge in [-0.2, -0.15) is 13.2 Å². The molecule has 1 rings (SSSR count). The first-order chi connectivity index (χ1) is 10.3. The van der Waals surface area contributed by atoms with Crippen molar-refractivity contribution in [3.63, 3.8) is 0 Å². The van der Waals surface area contributed by atoms with Crippen molar-refractivity contribution in [1.29, 1.82) is 0 Å². The highest BCUT2D eigenvalue weighted by Crippen LogP contribution is 2.18. The van der Waals surface area contributed by atoms with Gasteiger partial charge in [-0.3, -0.25) is 4.99 Å². The predicted molar refractivity (Wildman–Crippen MR) is 96.5 cm³/mol. The number of halogens is 4. The fraction of sp³-hybridized carbons (Fsp3) is 0.533. The van der Waals surface area contributed by atoms with Crippen LogP contribution in [0.15, 0.2) is 29.3 Å². The molecule has 0 aliphatic rings. The maximum atomic E-state index is 12.1. The molecule has 0 radical (unpaired) electrons. The third kappa shape index (κ3) is 10.2. The van der Waals surface area contributed by atoms with Gasteiger partial charge in [0, 0.05) is 20.1 Å². The molecular weight excluding hydrogens is 422 g/mol. The highest BCUT2D eigenvalue weighted by molar-refractivity contribution is 14.0. The van der Waals surface area contributed by atoms with Gasteiger partial charge in [0.1, 0.15) is 5.75 Å².